The van der Waals surface area contributed by atoms with Gasteiger partial charge in [-0.05, 0) is 63.0 Å². The van der Waals surface area contributed by atoms with E-state index in [9.17, 15) is 24.6 Å². The average Bonchev–Trinajstić information content (AvgIpc) is 2.95. The average molecular weight is 418 g/mol. The zero-order valence-electron chi connectivity index (χ0n) is 17.7. The molecule has 0 saturated heterocycles. The van der Waals surface area contributed by atoms with Crippen LogP contribution < -0.4 is 0 Å². The van der Waals surface area contributed by atoms with E-state index in [2.05, 4.69) is 6.92 Å². The van der Waals surface area contributed by atoms with Crippen molar-refractivity contribution in [2.45, 2.75) is 64.6 Å². The number of rotatable bonds is 3. The summed E-state index contributed by atoms with van der Waals surface area (Å²) in [7, 11) is 0. The van der Waals surface area contributed by atoms with Crippen LogP contribution in [0.1, 0.15) is 52.9 Å². The van der Waals surface area contributed by atoms with E-state index in [0.29, 0.717) is 6.42 Å². The first-order valence-corrected chi connectivity index (χ1v) is 10.8. The van der Waals surface area contributed by atoms with Crippen LogP contribution in [-0.2, 0) is 19.1 Å². The zero-order valence-corrected chi connectivity index (χ0v) is 17.7. The number of carbonyl (C=O) groups excluding carboxylic acids is 2. The molecule has 4 aliphatic carbocycles. The number of aliphatic hydroxyl groups excluding tert-OH is 1. The maximum absolute atomic E-state index is 12.4. The Morgan fingerprint density at radius 2 is 2.00 bits per heavy atom. The Labute approximate surface area is 176 Å². The fourth-order valence-corrected chi connectivity index (χ4v) is 7.17. The lowest BCUT2D eigenvalue weighted by molar-refractivity contribution is -0.196. The van der Waals surface area contributed by atoms with E-state index >= 15 is 0 Å². The Bertz CT molecular complexity index is 844. The maximum Gasteiger partial charge on any atom is 0.509 e. The van der Waals surface area contributed by atoms with E-state index in [1.54, 1.807) is 19.1 Å². The second kappa shape index (κ2) is 6.94. The maximum atomic E-state index is 12.4. The molecule has 0 aromatic rings. The SMILES string of the molecule is CCOC(=O)O[C@]1(C(=O)O)CCC2C3CCC4=CC(=O)C=CC4(C)C3C(O)CC21C. The van der Waals surface area contributed by atoms with Crippen LogP contribution in [0.2, 0.25) is 0 Å². The summed E-state index contributed by atoms with van der Waals surface area (Å²) in [5, 5.41) is 21.5. The van der Waals surface area contributed by atoms with Crippen LogP contribution >= 0.6 is 0 Å². The van der Waals surface area contributed by atoms with Crippen LogP contribution in [-0.4, -0.2) is 46.4 Å². The predicted molar refractivity (Wildman–Crippen MR) is 106 cm³/mol. The Hall–Kier alpha value is -2.15. The first-order valence-electron chi connectivity index (χ1n) is 10.8. The summed E-state index contributed by atoms with van der Waals surface area (Å²) in [5.41, 5.74) is -2.00. The molecular formula is C23H30O7. The van der Waals surface area contributed by atoms with Crippen LogP contribution in [0.3, 0.4) is 0 Å². The molecule has 0 spiro atoms. The third-order valence-electron chi connectivity index (χ3n) is 8.48. The highest BCUT2D eigenvalue weighted by molar-refractivity contribution is 6.01. The van der Waals surface area contributed by atoms with Crippen molar-refractivity contribution in [1.82, 2.24) is 0 Å². The summed E-state index contributed by atoms with van der Waals surface area (Å²) in [6, 6.07) is 0. The highest BCUT2D eigenvalue weighted by atomic mass is 16.7. The molecule has 7 atom stereocenters. The summed E-state index contributed by atoms with van der Waals surface area (Å²) < 4.78 is 10.4. The van der Waals surface area contributed by atoms with Crippen molar-refractivity contribution in [2.75, 3.05) is 6.61 Å². The smallest absolute Gasteiger partial charge is 0.478 e. The van der Waals surface area contributed by atoms with Crippen LogP contribution in [0.4, 0.5) is 4.79 Å². The molecule has 0 aromatic carbocycles. The third-order valence-corrected chi connectivity index (χ3v) is 8.48. The minimum atomic E-state index is -1.72. The van der Waals surface area contributed by atoms with Crippen molar-refractivity contribution in [3.05, 3.63) is 23.8 Å². The highest BCUT2D eigenvalue weighted by Gasteiger charge is 2.71. The van der Waals surface area contributed by atoms with Gasteiger partial charge in [0.1, 0.15) is 0 Å². The lowest BCUT2D eigenvalue weighted by Crippen LogP contribution is -2.62. The van der Waals surface area contributed by atoms with Gasteiger partial charge >= 0.3 is 12.1 Å². The van der Waals surface area contributed by atoms with Gasteiger partial charge in [-0.2, -0.15) is 0 Å². The van der Waals surface area contributed by atoms with E-state index in [-0.39, 0.29) is 43.0 Å². The molecular weight excluding hydrogens is 388 g/mol. The molecule has 3 saturated carbocycles. The monoisotopic (exact) mass is 418 g/mol. The van der Waals surface area contributed by atoms with Crippen LogP contribution in [0.15, 0.2) is 23.8 Å². The Kier molecular flexibility index (Phi) is 4.88. The van der Waals surface area contributed by atoms with Crippen LogP contribution in [0.25, 0.3) is 0 Å². The number of carboxylic acids is 1. The van der Waals surface area contributed by atoms with Crippen molar-refractivity contribution in [3.8, 4) is 0 Å². The molecule has 0 radical (unpaired) electrons. The van der Waals surface area contributed by atoms with Crippen molar-refractivity contribution >= 4 is 17.9 Å². The molecule has 7 heteroatoms. The molecule has 3 fully saturated rings. The van der Waals surface area contributed by atoms with E-state index in [1.807, 2.05) is 13.0 Å². The first kappa shape index (κ1) is 21.1. The number of hydrogen-bond acceptors (Lipinski definition) is 6. The molecule has 6 unspecified atom stereocenters. The minimum absolute atomic E-state index is 0.0131. The number of carboxylic acid groups (broad SMARTS) is 1. The molecule has 0 amide bonds. The topological polar surface area (TPSA) is 110 Å². The molecule has 30 heavy (non-hydrogen) atoms. The number of allylic oxidation sites excluding steroid dienone is 4. The van der Waals surface area contributed by atoms with Gasteiger partial charge in [0, 0.05) is 16.7 Å². The van der Waals surface area contributed by atoms with E-state index in [4.69, 9.17) is 9.47 Å². The Morgan fingerprint density at radius 1 is 1.27 bits per heavy atom. The number of aliphatic hydroxyl groups is 1. The molecule has 164 valence electrons. The zero-order chi connectivity index (χ0) is 21.9. The molecule has 4 rings (SSSR count). The Balaban J connectivity index is 1.72. The van der Waals surface area contributed by atoms with Crippen molar-refractivity contribution < 1.29 is 34.1 Å². The van der Waals surface area contributed by atoms with Crippen molar-refractivity contribution in [3.63, 3.8) is 0 Å². The van der Waals surface area contributed by atoms with Gasteiger partial charge in [-0.3, -0.25) is 4.79 Å². The summed E-state index contributed by atoms with van der Waals surface area (Å²) in [5.74, 6) is -1.25. The van der Waals surface area contributed by atoms with E-state index < -0.39 is 34.7 Å². The third kappa shape index (κ3) is 2.70. The predicted octanol–water partition coefficient (Wildman–Crippen LogP) is 3.26. The molecule has 0 bridgehead atoms. The number of carbonyl (C=O) groups is 3. The second-order valence-electron chi connectivity index (χ2n) is 9.67. The highest BCUT2D eigenvalue weighted by Crippen LogP contribution is 2.67. The largest absolute Gasteiger partial charge is 0.509 e. The Morgan fingerprint density at radius 3 is 2.67 bits per heavy atom. The lowest BCUT2D eigenvalue weighted by atomic mass is 9.46. The molecule has 0 heterocycles. The number of ether oxygens (including phenoxy) is 2. The van der Waals surface area contributed by atoms with Gasteiger partial charge in [-0.1, -0.05) is 25.5 Å². The van der Waals surface area contributed by atoms with Gasteiger partial charge in [0.2, 0.25) is 5.60 Å². The number of ketones is 1. The van der Waals surface area contributed by atoms with Gasteiger partial charge in [-0.15, -0.1) is 0 Å². The summed E-state index contributed by atoms with van der Waals surface area (Å²) in [6.07, 6.45) is 5.98. The van der Waals surface area contributed by atoms with Crippen molar-refractivity contribution in [2.24, 2.45) is 28.6 Å². The van der Waals surface area contributed by atoms with E-state index in [0.717, 1.165) is 18.4 Å². The minimum Gasteiger partial charge on any atom is -0.478 e. The number of aliphatic carboxylic acids is 1. The van der Waals surface area contributed by atoms with Gasteiger partial charge < -0.3 is 19.7 Å². The van der Waals surface area contributed by atoms with Crippen LogP contribution in [0.5, 0.6) is 0 Å². The van der Waals surface area contributed by atoms with Crippen LogP contribution in [0, 0.1) is 28.6 Å². The standard InChI is InChI=1S/C23H30O7/c1-4-29-20(28)30-23(19(26)27)10-8-16-15-6-5-13-11-14(24)7-9-21(13,2)18(15)17(25)12-22(16,23)3/h7,9,11,15-18,25H,4-6,8,10,12H2,1-3H3,(H,26,27)/t15?,16?,17?,18?,21?,22?,23-/m0/s1. The van der Waals surface area contributed by atoms with Gasteiger partial charge in [-0.25, -0.2) is 9.59 Å². The normalized spacial score (nSPS) is 44.4. The molecule has 0 aliphatic heterocycles. The fraction of sp³-hybridized carbons (Fsp3) is 0.696. The molecule has 2 N–H and O–H groups in total. The quantitative estimate of drug-likeness (QED) is 0.677. The van der Waals surface area contributed by atoms with E-state index in [1.165, 1.54) is 0 Å². The summed E-state index contributed by atoms with van der Waals surface area (Å²) in [4.78, 5) is 36.5. The molecule has 0 aromatic heterocycles. The summed E-state index contributed by atoms with van der Waals surface area (Å²) in [6.45, 7) is 5.64. The molecule has 4 aliphatic rings. The van der Waals surface area contributed by atoms with Crippen molar-refractivity contribution in [1.29, 1.82) is 0 Å². The number of hydrogen-bond donors (Lipinski definition) is 2. The molecule has 7 nitrogen and oxygen atoms in total. The van der Waals surface area contributed by atoms with Gasteiger partial charge in [0.05, 0.1) is 12.7 Å². The first-order chi connectivity index (χ1) is 14.1. The van der Waals surface area contributed by atoms with Gasteiger partial charge in [0.25, 0.3) is 0 Å². The lowest BCUT2D eigenvalue weighted by Gasteiger charge is -2.59. The summed E-state index contributed by atoms with van der Waals surface area (Å²) >= 11 is 0. The van der Waals surface area contributed by atoms with Gasteiger partial charge in [0.15, 0.2) is 5.78 Å². The number of fused-ring (bicyclic) bond motifs is 5. The second-order valence-corrected chi connectivity index (χ2v) is 9.67. The fourth-order valence-electron chi connectivity index (χ4n) is 7.17.